The van der Waals surface area contributed by atoms with Crippen LogP contribution in [0.5, 0.6) is 0 Å². The smallest absolute Gasteiger partial charge is 0.317 e. The van der Waals surface area contributed by atoms with Gasteiger partial charge in [-0.3, -0.25) is 19.2 Å². The highest BCUT2D eigenvalue weighted by atomic mass is 16.6. The fourth-order valence-electron chi connectivity index (χ4n) is 7.60. The third-order valence-electron chi connectivity index (χ3n) is 8.92. The van der Waals surface area contributed by atoms with Gasteiger partial charge in [0.15, 0.2) is 5.78 Å². The Morgan fingerprint density at radius 1 is 0.878 bits per heavy atom. The minimum atomic E-state index is -1.41. The van der Waals surface area contributed by atoms with E-state index in [9.17, 15) is 19.2 Å². The molecule has 6 nitrogen and oxygen atoms in total. The SMILES string of the molecule is CN1C(=O)[C@]2(c3ccccc31)[C@@H]1C(=O)[C@@H](C(=O)OC(C)(C)C)[C@H](c3ccccc3)[C@H]1C=C(C=O)[C@H]2c1ccccc1. The number of amides is 1. The van der Waals surface area contributed by atoms with E-state index in [4.69, 9.17) is 4.74 Å². The number of benzene rings is 3. The molecule has 0 radical (unpaired) electrons. The van der Waals surface area contributed by atoms with Gasteiger partial charge in [0.25, 0.3) is 0 Å². The van der Waals surface area contributed by atoms with Gasteiger partial charge in [-0.15, -0.1) is 0 Å². The van der Waals surface area contributed by atoms with E-state index in [1.54, 1.807) is 32.7 Å². The maximum absolute atomic E-state index is 14.9. The van der Waals surface area contributed by atoms with Gasteiger partial charge in [0.05, 0.1) is 5.41 Å². The molecule has 6 heteroatoms. The molecule has 1 fully saturated rings. The van der Waals surface area contributed by atoms with E-state index in [2.05, 4.69) is 0 Å². The molecule has 3 aromatic rings. The maximum Gasteiger partial charge on any atom is 0.317 e. The molecule has 41 heavy (non-hydrogen) atoms. The van der Waals surface area contributed by atoms with Crippen LogP contribution >= 0.6 is 0 Å². The molecule has 0 saturated heterocycles. The zero-order valence-electron chi connectivity index (χ0n) is 23.6. The van der Waals surface area contributed by atoms with Gasteiger partial charge in [0.2, 0.25) is 5.91 Å². The van der Waals surface area contributed by atoms with Crippen molar-refractivity contribution in [2.75, 3.05) is 11.9 Å². The zero-order chi connectivity index (χ0) is 29.1. The van der Waals surface area contributed by atoms with Crippen LogP contribution in [0.4, 0.5) is 5.69 Å². The quantitative estimate of drug-likeness (QED) is 0.249. The number of allylic oxidation sites excluding steroid dienone is 2. The molecule has 1 amide bonds. The lowest BCUT2D eigenvalue weighted by Crippen LogP contribution is -2.55. The van der Waals surface area contributed by atoms with E-state index in [1.165, 1.54) is 0 Å². The third-order valence-corrected chi connectivity index (χ3v) is 8.92. The zero-order valence-corrected chi connectivity index (χ0v) is 23.6. The van der Waals surface area contributed by atoms with Crippen LogP contribution in [0.3, 0.4) is 0 Å². The Balaban J connectivity index is 1.68. The van der Waals surface area contributed by atoms with Crippen molar-refractivity contribution in [2.45, 2.75) is 43.6 Å². The second kappa shape index (κ2) is 9.65. The summed E-state index contributed by atoms with van der Waals surface area (Å²) in [6.07, 6.45) is 2.67. The van der Waals surface area contributed by atoms with Gasteiger partial charge in [-0.2, -0.15) is 0 Å². The molecule has 1 heterocycles. The van der Waals surface area contributed by atoms with E-state index in [-0.39, 0.29) is 11.7 Å². The minimum absolute atomic E-state index is 0.250. The molecule has 2 aliphatic carbocycles. The van der Waals surface area contributed by atoms with Crippen LogP contribution in [-0.2, 0) is 29.3 Å². The van der Waals surface area contributed by atoms with E-state index in [0.29, 0.717) is 16.8 Å². The highest BCUT2D eigenvalue weighted by Gasteiger charge is 2.70. The summed E-state index contributed by atoms with van der Waals surface area (Å²) in [7, 11) is 1.71. The van der Waals surface area contributed by atoms with Crippen LogP contribution in [0.15, 0.2) is 96.6 Å². The lowest BCUT2D eigenvalue weighted by molar-refractivity contribution is -0.162. The predicted molar refractivity (Wildman–Crippen MR) is 155 cm³/mol. The number of fused-ring (bicyclic) bond motifs is 4. The molecule has 3 aromatic carbocycles. The summed E-state index contributed by atoms with van der Waals surface area (Å²) in [5.41, 5.74) is 1.19. The predicted octanol–water partition coefficient (Wildman–Crippen LogP) is 5.38. The first-order valence-corrected chi connectivity index (χ1v) is 14.0. The number of Topliss-reactive ketones (excluding diaryl/α,β-unsaturated/α-hetero) is 1. The van der Waals surface area contributed by atoms with Crippen molar-refractivity contribution in [3.8, 4) is 0 Å². The van der Waals surface area contributed by atoms with Gasteiger partial charge in [0.1, 0.15) is 17.8 Å². The Bertz CT molecular complexity index is 1570. The standard InChI is InChI=1S/C35H33NO5/c1-34(2,3)41-32(39)28-27(21-13-7-5-8-14-21)24-19-23(20-37)29(22-15-9-6-10-16-22)35(30(24)31(28)38)25-17-11-12-18-26(25)36(4)33(35)40/h5-20,24,27-30H,1-4H3/t24-,27-,28+,29-,30+,35+/m1/s1. The number of carbonyl (C=O) groups is 4. The summed E-state index contributed by atoms with van der Waals surface area (Å²) >= 11 is 0. The van der Waals surface area contributed by atoms with Crippen molar-refractivity contribution >= 4 is 29.6 Å². The minimum Gasteiger partial charge on any atom is -0.459 e. The molecule has 0 bridgehead atoms. The van der Waals surface area contributed by atoms with Crippen LogP contribution in [-0.4, -0.2) is 36.6 Å². The van der Waals surface area contributed by atoms with Crippen molar-refractivity contribution < 1.29 is 23.9 Å². The lowest BCUT2D eigenvalue weighted by atomic mass is 9.52. The number of anilines is 1. The molecule has 1 saturated carbocycles. The van der Waals surface area contributed by atoms with Crippen LogP contribution in [0, 0.1) is 17.8 Å². The lowest BCUT2D eigenvalue weighted by Gasteiger charge is -2.46. The second-order valence-corrected chi connectivity index (χ2v) is 12.3. The van der Waals surface area contributed by atoms with E-state index in [0.717, 1.165) is 17.4 Å². The fourth-order valence-corrected chi connectivity index (χ4v) is 7.60. The summed E-state index contributed by atoms with van der Waals surface area (Å²) in [5, 5.41) is 0. The van der Waals surface area contributed by atoms with Crippen molar-refractivity contribution in [2.24, 2.45) is 17.8 Å². The van der Waals surface area contributed by atoms with E-state index in [1.807, 2.05) is 91.0 Å². The van der Waals surface area contributed by atoms with Gasteiger partial charge in [-0.25, -0.2) is 0 Å². The first-order valence-electron chi connectivity index (χ1n) is 14.0. The molecule has 0 aromatic heterocycles. The van der Waals surface area contributed by atoms with E-state index >= 15 is 0 Å². The summed E-state index contributed by atoms with van der Waals surface area (Å²) in [6.45, 7) is 5.33. The van der Waals surface area contributed by atoms with E-state index < -0.39 is 46.6 Å². The fraction of sp³-hybridized carbons (Fsp3) is 0.314. The maximum atomic E-state index is 14.9. The summed E-state index contributed by atoms with van der Waals surface area (Å²) < 4.78 is 5.84. The first kappa shape index (κ1) is 26.9. The topological polar surface area (TPSA) is 80.8 Å². The Morgan fingerprint density at radius 2 is 1.46 bits per heavy atom. The van der Waals surface area contributed by atoms with Crippen molar-refractivity contribution in [1.82, 2.24) is 0 Å². The van der Waals surface area contributed by atoms with Gasteiger partial charge in [-0.05, 0) is 55.0 Å². The van der Waals surface area contributed by atoms with Crippen LogP contribution < -0.4 is 4.90 Å². The molecule has 1 spiro atoms. The van der Waals surface area contributed by atoms with Gasteiger partial charge < -0.3 is 9.64 Å². The largest absolute Gasteiger partial charge is 0.459 e. The number of hydrogen-bond donors (Lipinski definition) is 0. The third kappa shape index (κ3) is 3.91. The number of likely N-dealkylation sites (N-methyl/N-ethyl adjacent to an activating group) is 1. The number of para-hydroxylation sites is 1. The summed E-state index contributed by atoms with van der Waals surface area (Å²) in [6, 6.07) is 26.4. The van der Waals surface area contributed by atoms with Crippen molar-refractivity contribution in [1.29, 1.82) is 0 Å². The first-order chi connectivity index (χ1) is 19.6. The number of ether oxygens (including phenoxy) is 1. The van der Waals surface area contributed by atoms with Crippen molar-refractivity contribution in [3.63, 3.8) is 0 Å². The van der Waals surface area contributed by atoms with Crippen LogP contribution in [0.1, 0.15) is 49.3 Å². The highest BCUT2D eigenvalue weighted by molar-refractivity contribution is 6.15. The normalized spacial score (nSPS) is 28.7. The molecular formula is C35H33NO5. The van der Waals surface area contributed by atoms with Crippen molar-refractivity contribution in [3.05, 3.63) is 113 Å². The molecule has 208 valence electrons. The Hall–Kier alpha value is -4.32. The van der Waals surface area contributed by atoms with Gasteiger partial charge in [-0.1, -0.05) is 84.9 Å². The van der Waals surface area contributed by atoms with Gasteiger partial charge >= 0.3 is 5.97 Å². The summed E-state index contributed by atoms with van der Waals surface area (Å²) in [4.78, 5) is 58.0. The molecular weight excluding hydrogens is 514 g/mol. The number of ketones is 1. The Morgan fingerprint density at radius 3 is 2.07 bits per heavy atom. The average Bonchev–Trinajstić information content (AvgIpc) is 3.38. The number of aldehydes is 1. The number of esters is 1. The Labute approximate surface area is 240 Å². The molecule has 0 N–H and O–H groups in total. The molecule has 6 atom stereocenters. The second-order valence-electron chi connectivity index (χ2n) is 12.3. The molecule has 3 aliphatic rings. The number of nitrogens with zero attached hydrogens (tertiary/aromatic N) is 1. The van der Waals surface area contributed by atoms with Crippen LogP contribution in [0.25, 0.3) is 0 Å². The molecule has 0 unspecified atom stereocenters. The molecule has 6 rings (SSSR count). The number of hydrogen-bond acceptors (Lipinski definition) is 5. The Kier molecular flexibility index (Phi) is 6.33. The van der Waals surface area contributed by atoms with Crippen LogP contribution in [0.2, 0.25) is 0 Å². The van der Waals surface area contributed by atoms with Gasteiger partial charge in [0, 0.05) is 30.5 Å². The molecule has 1 aliphatic heterocycles. The highest BCUT2D eigenvalue weighted by Crippen LogP contribution is 2.65. The number of carbonyl (C=O) groups excluding carboxylic acids is 4. The number of rotatable bonds is 4. The average molecular weight is 548 g/mol. The monoisotopic (exact) mass is 547 g/mol. The summed E-state index contributed by atoms with van der Waals surface area (Å²) in [5.74, 6) is -5.09.